The number of nitrogen functional groups attached to an aromatic ring is 1. The molecule has 1 atom stereocenters. The largest absolute Gasteiger partial charge is 0.480 e. The van der Waals surface area contributed by atoms with Gasteiger partial charge in [0.2, 0.25) is 11.8 Å². The number of thioether (sulfide) groups is 1. The lowest BCUT2D eigenvalue weighted by molar-refractivity contribution is -0.136. The summed E-state index contributed by atoms with van der Waals surface area (Å²) < 4.78 is 0. The number of nitrogens with zero attached hydrogens (tertiary/aromatic N) is 1. The van der Waals surface area contributed by atoms with Crippen LogP contribution in [0.1, 0.15) is 11.1 Å². The maximum absolute atomic E-state index is 13.1. The normalized spacial score (nSPS) is 15.7. The van der Waals surface area contributed by atoms with Crippen LogP contribution < -0.4 is 21.3 Å². The lowest BCUT2D eigenvalue weighted by Gasteiger charge is -2.25. The zero-order valence-electron chi connectivity index (χ0n) is 16.6. The summed E-state index contributed by atoms with van der Waals surface area (Å²) in [7, 11) is 0. The molecule has 0 radical (unpaired) electrons. The standard InChI is InChI=1S/C21H23N5O4S/c22-20(23)14-7-5-13(6-8-14)9-25-18(27)11-26-16-3-1-2-4-17(16)31-12-15(21(26)30)24-10-19(28)29/h1-8,15,24H,9-12H2,(H3,22,23)(H,25,27)(H,28,29)/t15-/m1/s1. The van der Waals surface area contributed by atoms with Crippen molar-refractivity contribution < 1.29 is 19.5 Å². The van der Waals surface area contributed by atoms with Crippen molar-refractivity contribution in [2.75, 3.05) is 23.7 Å². The van der Waals surface area contributed by atoms with Crippen molar-refractivity contribution in [3.8, 4) is 0 Å². The lowest BCUT2D eigenvalue weighted by atomic mass is 10.1. The van der Waals surface area contributed by atoms with Crippen LogP contribution in [0.25, 0.3) is 0 Å². The van der Waals surface area contributed by atoms with Gasteiger partial charge in [0.25, 0.3) is 0 Å². The third kappa shape index (κ3) is 5.83. The first-order valence-electron chi connectivity index (χ1n) is 9.53. The van der Waals surface area contributed by atoms with Gasteiger partial charge in [0.1, 0.15) is 12.4 Å². The number of rotatable bonds is 8. The summed E-state index contributed by atoms with van der Waals surface area (Å²) in [5, 5.41) is 21.9. The number of carbonyl (C=O) groups is 3. The van der Waals surface area contributed by atoms with Gasteiger partial charge in [-0.1, -0.05) is 36.4 Å². The lowest BCUT2D eigenvalue weighted by Crippen LogP contribution is -2.51. The van der Waals surface area contributed by atoms with Crippen LogP contribution in [0.4, 0.5) is 5.69 Å². The molecule has 2 aromatic carbocycles. The molecule has 0 saturated carbocycles. The van der Waals surface area contributed by atoms with Crippen LogP contribution in [0.5, 0.6) is 0 Å². The van der Waals surface area contributed by atoms with Crippen LogP contribution in [0, 0.1) is 5.41 Å². The highest BCUT2D eigenvalue weighted by Crippen LogP contribution is 2.34. The predicted octanol–water partition coefficient (Wildman–Crippen LogP) is 0.769. The second kappa shape index (κ2) is 10.1. The second-order valence-corrected chi connectivity index (χ2v) is 7.98. The molecule has 0 unspecified atom stereocenters. The van der Waals surface area contributed by atoms with Gasteiger partial charge in [0.05, 0.1) is 18.3 Å². The topological polar surface area (TPSA) is 149 Å². The minimum Gasteiger partial charge on any atom is -0.480 e. The van der Waals surface area contributed by atoms with Gasteiger partial charge >= 0.3 is 5.97 Å². The van der Waals surface area contributed by atoms with Crippen LogP contribution in [0.3, 0.4) is 0 Å². The number of fused-ring (bicyclic) bond motifs is 1. The summed E-state index contributed by atoms with van der Waals surface area (Å²) in [4.78, 5) is 38.9. The molecule has 0 bridgehead atoms. The van der Waals surface area contributed by atoms with E-state index < -0.39 is 12.0 Å². The number of hydrogen-bond donors (Lipinski definition) is 5. The third-order valence-electron chi connectivity index (χ3n) is 4.68. The number of aliphatic carboxylic acids is 1. The van der Waals surface area contributed by atoms with E-state index in [9.17, 15) is 14.4 Å². The summed E-state index contributed by atoms with van der Waals surface area (Å²) >= 11 is 1.44. The molecular weight excluding hydrogens is 418 g/mol. The van der Waals surface area contributed by atoms with E-state index in [2.05, 4.69) is 10.6 Å². The smallest absolute Gasteiger partial charge is 0.317 e. The number of nitrogens with one attached hydrogen (secondary N) is 3. The van der Waals surface area contributed by atoms with Crippen molar-refractivity contribution in [1.82, 2.24) is 10.6 Å². The molecule has 0 aromatic heterocycles. The molecule has 6 N–H and O–H groups in total. The SMILES string of the molecule is N=C(N)c1ccc(CNC(=O)CN2C(=O)[C@H](NCC(=O)O)CSc3ccccc32)cc1. The van der Waals surface area contributed by atoms with Crippen molar-refractivity contribution in [2.45, 2.75) is 17.5 Å². The molecule has 9 nitrogen and oxygen atoms in total. The third-order valence-corrected chi connectivity index (χ3v) is 5.84. The fraction of sp³-hybridized carbons (Fsp3) is 0.238. The molecule has 3 rings (SSSR count). The Kier molecular flexibility index (Phi) is 7.27. The minimum atomic E-state index is -1.06. The number of nitrogens with two attached hydrogens (primary N) is 1. The van der Waals surface area contributed by atoms with Gasteiger partial charge in [0.15, 0.2) is 0 Å². The quantitative estimate of drug-likeness (QED) is 0.300. The van der Waals surface area contributed by atoms with Gasteiger partial charge < -0.3 is 21.1 Å². The maximum atomic E-state index is 13.1. The highest BCUT2D eigenvalue weighted by atomic mass is 32.2. The van der Waals surface area contributed by atoms with Crippen molar-refractivity contribution in [2.24, 2.45) is 5.73 Å². The molecule has 10 heteroatoms. The van der Waals surface area contributed by atoms with Crippen molar-refractivity contribution >= 4 is 41.1 Å². The average molecular weight is 442 g/mol. The van der Waals surface area contributed by atoms with E-state index in [1.54, 1.807) is 36.4 Å². The van der Waals surface area contributed by atoms with E-state index in [0.29, 0.717) is 17.0 Å². The van der Waals surface area contributed by atoms with E-state index in [1.807, 2.05) is 12.1 Å². The molecule has 0 aliphatic carbocycles. The molecule has 0 saturated heterocycles. The molecule has 1 heterocycles. The van der Waals surface area contributed by atoms with Crippen LogP contribution >= 0.6 is 11.8 Å². The summed E-state index contributed by atoms with van der Waals surface area (Å²) in [5.74, 6) is -1.41. The Morgan fingerprint density at radius 2 is 1.90 bits per heavy atom. The Hall–Kier alpha value is -3.37. The van der Waals surface area contributed by atoms with Gasteiger partial charge in [-0.2, -0.15) is 0 Å². The van der Waals surface area contributed by atoms with E-state index in [-0.39, 0.29) is 37.3 Å². The number of carboxylic acid groups (broad SMARTS) is 1. The first-order chi connectivity index (χ1) is 14.8. The second-order valence-electron chi connectivity index (χ2n) is 6.92. The number of para-hydroxylation sites is 1. The zero-order valence-corrected chi connectivity index (χ0v) is 17.4. The van der Waals surface area contributed by atoms with E-state index in [0.717, 1.165) is 10.5 Å². The highest BCUT2D eigenvalue weighted by Gasteiger charge is 2.32. The van der Waals surface area contributed by atoms with Crippen LogP contribution in [0.15, 0.2) is 53.4 Å². The number of amides is 2. The van der Waals surface area contributed by atoms with Crippen molar-refractivity contribution in [3.05, 3.63) is 59.7 Å². The van der Waals surface area contributed by atoms with Crippen molar-refractivity contribution in [3.63, 3.8) is 0 Å². The summed E-state index contributed by atoms with van der Waals surface area (Å²) in [6.45, 7) is -0.271. The first kappa shape index (κ1) is 22.3. The van der Waals surface area contributed by atoms with Crippen LogP contribution in [-0.2, 0) is 20.9 Å². The average Bonchev–Trinajstić information content (AvgIpc) is 2.88. The van der Waals surface area contributed by atoms with Gasteiger partial charge in [-0.3, -0.25) is 25.1 Å². The first-order valence-corrected chi connectivity index (χ1v) is 10.5. The Bertz CT molecular complexity index is 996. The van der Waals surface area contributed by atoms with E-state index in [1.165, 1.54) is 16.7 Å². The molecule has 31 heavy (non-hydrogen) atoms. The number of benzene rings is 2. The molecule has 2 amide bonds. The molecule has 1 aliphatic rings. The molecular formula is C21H23N5O4S. The fourth-order valence-corrected chi connectivity index (χ4v) is 4.18. The molecule has 0 spiro atoms. The Labute approximate surface area is 183 Å². The highest BCUT2D eigenvalue weighted by molar-refractivity contribution is 7.99. The van der Waals surface area contributed by atoms with Gasteiger partial charge in [0, 0.05) is 22.8 Å². The van der Waals surface area contributed by atoms with Crippen LogP contribution in [0.2, 0.25) is 0 Å². The predicted molar refractivity (Wildman–Crippen MR) is 118 cm³/mol. The summed E-state index contributed by atoms with van der Waals surface area (Å²) in [6.07, 6.45) is 0. The molecule has 0 fully saturated rings. The number of carboxylic acids is 1. The molecule has 1 aliphatic heterocycles. The summed E-state index contributed by atoms with van der Waals surface area (Å²) in [6, 6.07) is 13.5. The van der Waals surface area contributed by atoms with Crippen molar-refractivity contribution in [1.29, 1.82) is 5.41 Å². The van der Waals surface area contributed by atoms with E-state index >= 15 is 0 Å². The molecule has 162 valence electrons. The number of amidine groups is 1. The number of anilines is 1. The van der Waals surface area contributed by atoms with Crippen LogP contribution in [-0.4, -0.2) is 53.6 Å². The van der Waals surface area contributed by atoms with Gasteiger partial charge in [-0.25, -0.2) is 0 Å². The Morgan fingerprint density at radius 1 is 1.19 bits per heavy atom. The monoisotopic (exact) mass is 441 g/mol. The number of hydrogen-bond acceptors (Lipinski definition) is 6. The Balaban J connectivity index is 1.70. The fourth-order valence-electron chi connectivity index (χ4n) is 3.08. The van der Waals surface area contributed by atoms with E-state index in [4.69, 9.17) is 16.2 Å². The maximum Gasteiger partial charge on any atom is 0.317 e. The summed E-state index contributed by atoms with van der Waals surface area (Å²) in [5.41, 5.74) is 7.49. The Morgan fingerprint density at radius 3 is 2.58 bits per heavy atom. The zero-order chi connectivity index (χ0) is 22.4. The molecule has 2 aromatic rings. The minimum absolute atomic E-state index is 0.0298. The van der Waals surface area contributed by atoms with Gasteiger partial charge in [-0.15, -0.1) is 11.8 Å². The number of carbonyl (C=O) groups excluding carboxylic acids is 2. The van der Waals surface area contributed by atoms with Gasteiger partial charge in [-0.05, 0) is 17.7 Å².